The maximum absolute atomic E-state index is 13.3. The molecule has 1 aromatic heterocycles. The van der Waals surface area contributed by atoms with Crippen molar-refractivity contribution in [1.82, 2.24) is 4.98 Å². The highest BCUT2D eigenvalue weighted by atomic mass is 32.1. The minimum absolute atomic E-state index is 0.0457. The third kappa shape index (κ3) is 10.3. The number of esters is 1. The first-order chi connectivity index (χ1) is 18.4. The molecule has 2 N–H and O–H groups in total. The number of thiazole rings is 1. The van der Waals surface area contributed by atoms with E-state index < -0.39 is 35.6 Å². The molecule has 1 aromatic rings. The number of rotatable bonds is 7. The Morgan fingerprint density at radius 3 is 2.56 bits per heavy atom. The molecule has 1 aliphatic rings. The van der Waals surface area contributed by atoms with Crippen LogP contribution in [0, 0.1) is 24.2 Å². The fourth-order valence-electron chi connectivity index (χ4n) is 5.32. The second kappa shape index (κ2) is 15.8. The maximum atomic E-state index is 13.3. The zero-order valence-electron chi connectivity index (χ0n) is 25.2. The molecule has 0 unspecified atom stereocenters. The average molecular weight is 562 g/mol. The number of nitrogens with zero attached hydrogens (tertiary/aromatic N) is 1. The molecule has 0 amide bonds. The van der Waals surface area contributed by atoms with Gasteiger partial charge in [-0.25, -0.2) is 4.98 Å². The van der Waals surface area contributed by atoms with Crippen molar-refractivity contribution in [3.05, 3.63) is 33.3 Å². The number of cyclic esters (lactones) is 1. The van der Waals surface area contributed by atoms with Crippen molar-refractivity contribution in [3.63, 3.8) is 0 Å². The molecule has 220 valence electrons. The average Bonchev–Trinajstić information content (AvgIpc) is 3.30. The number of aliphatic hydroxyl groups excluding tert-OH is 2. The zero-order valence-corrected chi connectivity index (χ0v) is 26.0. The van der Waals surface area contributed by atoms with E-state index in [-0.39, 0.29) is 18.1 Å². The van der Waals surface area contributed by atoms with Gasteiger partial charge in [-0.15, -0.1) is 11.3 Å². The van der Waals surface area contributed by atoms with E-state index in [0.717, 1.165) is 48.4 Å². The molecule has 0 aromatic carbocycles. The Morgan fingerprint density at radius 1 is 1.21 bits per heavy atom. The number of carbonyl (C=O) groups is 2. The molecule has 2 heterocycles. The fourth-order valence-corrected chi connectivity index (χ4v) is 5.89. The molecule has 0 bridgehead atoms. The summed E-state index contributed by atoms with van der Waals surface area (Å²) in [5.74, 6) is -1.47. The molecular weight excluding hydrogens is 510 g/mol. The summed E-state index contributed by atoms with van der Waals surface area (Å²) in [7, 11) is 0. The summed E-state index contributed by atoms with van der Waals surface area (Å²) in [6.45, 7) is 13.1. The normalized spacial score (nSPS) is 28.2. The second-order valence-corrected chi connectivity index (χ2v) is 13.1. The Bertz CT molecular complexity index is 994. The van der Waals surface area contributed by atoms with E-state index >= 15 is 0 Å². The molecule has 6 nitrogen and oxygen atoms in total. The van der Waals surface area contributed by atoms with Crippen LogP contribution in [0.2, 0.25) is 0 Å². The lowest BCUT2D eigenvalue weighted by Crippen LogP contribution is -2.45. The van der Waals surface area contributed by atoms with Crippen LogP contribution >= 0.6 is 11.3 Å². The van der Waals surface area contributed by atoms with Crippen LogP contribution in [0.4, 0.5) is 0 Å². The number of hydrogen-bond acceptors (Lipinski definition) is 7. The molecule has 0 radical (unpaired) electrons. The number of ketones is 1. The highest BCUT2D eigenvalue weighted by molar-refractivity contribution is 7.09. The predicted octanol–water partition coefficient (Wildman–Crippen LogP) is 7.22. The molecule has 5 atom stereocenters. The number of aliphatic hydroxyl groups is 2. The van der Waals surface area contributed by atoms with E-state index in [1.807, 2.05) is 32.2 Å². The van der Waals surface area contributed by atoms with Gasteiger partial charge in [-0.1, -0.05) is 65.5 Å². The number of unbranched alkanes of at least 4 members (excludes halogenated alkanes) is 3. The molecule has 0 saturated carbocycles. The minimum atomic E-state index is -1.22. The Balaban J connectivity index is 2.38. The van der Waals surface area contributed by atoms with Gasteiger partial charge < -0.3 is 14.9 Å². The largest absolute Gasteiger partial charge is 0.457 e. The van der Waals surface area contributed by atoms with Crippen LogP contribution in [0.15, 0.2) is 22.6 Å². The summed E-state index contributed by atoms with van der Waals surface area (Å²) < 4.78 is 5.95. The van der Waals surface area contributed by atoms with Crippen molar-refractivity contribution < 1.29 is 24.5 Å². The van der Waals surface area contributed by atoms with E-state index in [9.17, 15) is 19.8 Å². The summed E-state index contributed by atoms with van der Waals surface area (Å²) in [5, 5.41) is 24.9. The molecule has 1 aliphatic heterocycles. The second-order valence-electron chi connectivity index (χ2n) is 12.0. The van der Waals surface area contributed by atoms with Gasteiger partial charge in [0, 0.05) is 17.7 Å². The number of Topliss-reactive ketones (excluding diaryl/α,β-unsaturated/α-hetero) is 1. The summed E-state index contributed by atoms with van der Waals surface area (Å²) in [4.78, 5) is 30.9. The van der Waals surface area contributed by atoms with Crippen molar-refractivity contribution in [2.24, 2.45) is 17.3 Å². The molecule has 7 heteroatoms. The first-order valence-corrected chi connectivity index (χ1v) is 15.6. The van der Waals surface area contributed by atoms with Gasteiger partial charge in [-0.05, 0) is 63.5 Å². The maximum Gasteiger partial charge on any atom is 0.309 e. The van der Waals surface area contributed by atoms with Gasteiger partial charge in [-0.3, -0.25) is 9.59 Å². The van der Waals surface area contributed by atoms with Crippen molar-refractivity contribution in [2.45, 2.75) is 131 Å². The van der Waals surface area contributed by atoms with E-state index in [1.165, 1.54) is 24.8 Å². The van der Waals surface area contributed by atoms with Crippen molar-refractivity contribution in [3.8, 4) is 0 Å². The number of ether oxygens (including phenoxy) is 1. The lowest BCUT2D eigenvalue weighted by Gasteiger charge is -2.34. The van der Waals surface area contributed by atoms with Crippen LogP contribution in [-0.2, 0) is 14.3 Å². The van der Waals surface area contributed by atoms with Gasteiger partial charge in [0.05, 0.1) is 34.7 Å². The quantitative estimate of drug-likeness (QED) is 0.207. The van der Waals surface area contributed by atoms with Crippen LogP contribution in [0.1, 0.15) is 116 Å². The lowest BCUT2D eigenvalue weighted by atomic mass is 9.73. The van der Waals surface area contributed by atoms with E-state index in [2.05, 4.69) is 18.0 Å². The van der Waals surface area contributed by atoms with E-state index in [0.29, 0.717) is 6.42 Å². The van der Waals surface area contributed by atoms with Gasteiger partial charge >= 0.3 is 5.97 Å². The van der Waals surface area contributed by atoms with Gasteiger partial charge in [-0.2, -0.15) is 0 Å². The SMILES string of the molecule is CCCCCCC1=CC[C@@H](C(C)=Cc2csc(C)n2)OC(=O)C[C@H](O)C(C)(C)C(=O)[C@H](C)[C@@H](O)[C@@H](C)CCC1. The highest BCUT2D eigenvalue weighted by Crippen LogP contribution is 2.33. The van der Waals surface area contributed by atoms with Crippen molar-refractivity contribution in [2.75, 3.05) is 0 Å². The third-order valence-corrected chi connectivity index (χ3v) is 9.05. The molecule has 39 heavy (non-hydrogen) atoms. The molecular formula is C32H51NO5S. The summed E-state index contributed by atoms with van der Waals surface area (Å²) >= 11 is 1.58. The molecule has 0 aliphatic carbocycles. The Morgan fingerprint density at radius 2 is 1.92 bits per heavy atom. The fraction of sp³-hybridized carbons (Fsp3) is 0.719. The summed E-state index contributed by atoms with van der Waals surface area (Å²) in [6.07, 6.45) is 10.3. The van der Waals surface area contributed by atoms with Crippen LogP contribution < -0.4 is 0 Å². The number of allylic oxidation sites excluding steroid dienone is 1. The minimum Gasteiger partial charge on any atom is -0.457 e. The smallest absolute Gasteiger partial charge is 0.309 e. The van der Waals surface area contributed by atoms with Crippen LogP contribution in [0.25, 0.3) is 6.08 Å². The van der Waals surface area contributed by atoms with Gasteiger partial charge in [0.2, 0.25) is 0 Å². The number of carbonyl (C=O) groups excluding carboxylic acids is 2. The molecule has 2 rings (SSSR count). The Labute approximate surface area is 240 Å². The summed E-state index contributed by atoms with van der Waals surface area (Å²) in [6, 6.07) is 0. The highest BCUT2D eigenvalue weighted by Gasteiger charge is 2.42. The summed E-state index contributed by atoms with van der Waals surface area (Å²) in [5.41, 5.74) is 1.89. The van der Waals surface area contributed by atoms with Gasteiger partial charge in [0.25, 0.3) is 0 Å². The van der Waals surface area contributed by atoms with Crippen molar-refractivity contribution >= 4 is 29.2 Å². The number of aryl methyl sites for hydroxylation is 1. The predicted molar refractivity (Wildman–Crippen MR) is 159 cm³/mol. The van der Waals surface area contributed by atoms with Crippen LogP contribution in [0.5, 0.6) is 0 Å². The van der Waals surface area contributed by atoms with Gasteiger partial charge in [0.1, 0.15) is 11.9 Å². The number of hydrogen-bond donors (Lipinski definition) is 2. The van der Waals surface area contributed by atoms with E-state index in [1.54, 1.807) is 32.1 Å². The zero-order chi connectivity index (χ0) is 29.2. The topological polar surface area (TPSA) is 96.7 Å². The van der Waals surface area contributed by atoms with Crippen LogP contribution in [-0.4, -0.2) is 45.3 Å². The molecule has 0 saturated heterocycles. The first-order valence-electron chi connectivity index (χ1n) is 14.7. The molecule has 0 fully saturated rings. The number of aromatic nitrogens is 1. The Hall–Kier alpha value is -1.83. The lowest BCUT2D eigenvalue weighted by molar-refractivity contribution is -0.154. The standard InChI is InChI=1S/C32H51NO5S/c1-8-9-10-11-14-25-15-12-13-21(2)30(36)23(4)31(37)32(6,7)28(34)19-29(35)38-27(17-16-25)22(3)18-26-20-39-24(5)33-26/h16,18,20-21,23,27-28,30,34,36H,8-15,17,19H2,1-7H3/t21-,23+,27-,28-,30-/m0/s1. The van der Waals surface area contributed by atoms with E-state index in [4.69, 9.17) is 4.74 Å². The van der Waals surface area contributed by atoms with Crippen LogP contribution in [0.3, 0.4) is 0 Å². The third-order valence-electron chi connectivity index (χ3n) is 8.26. The molecule has 0 spiro atoms. The monoisotopic (exact) mass is 561 g/mol. The first kappa shape index (κ1) is 33.4. The Kier molecular flexibility index (Phi) is 13.5. The van der Waals surface area contributed by atoms with Crippen molar-refractivity contribution in [1.29, 1.82) is 0 Å². The van der Waals surface area contributed by atoms with Gasteiger partial charge in [0.15, 0.2) is 0 Å².